The van der Waals surface area contributed by atoms with E-state index in [9.17, 15) is 0 Å². The van der Waals surface area contributed by atoms with E-state index in [0.29, 0.717) is 6.04 Å². The van der Waals surface area contributed by atoms with Gasteiger partial charge >= 0.3 is 0 Å². The molecule has 0 N–H and O–H groups in total. The number of likely N-dealkylation sites (tertiary alicyclic amines) is 1. The van der Waals surface area contributed by atoms with Crippen LogP contribution in [0.25, 0.3) is 0 Å². The van der Waals surface area contributed by atoms with E-state index in [-0.39, 0.29) is 5.60 Å². The fourth-order valence-electron chi connectivity index (χ4n) is 4.25. The van der Waals surface area contributed by atoms with Crippen LogP contribution in [-0.2, 0) is 16.0 Å². The summed E-state index contributed by atoms with van der Waals surface area (Å²) in [5.74, 6) is 0. The summed E-state index contributed by atoms with van der Waals surface area (Å²) in [5.41, 5.74) is 0.158. The molecule has 4 nitrogen and oxygen atoms in total. The molecule has 1 aromatic rings. The lowest BCUT2D eigenvalue weighted by atomic mass is 9.87. The SMILES string of the molecule is Cc1ccc(CN2CCC3(CC2)CC(N2CCOCC2)CO3)s1. The average Bonchev–Trinajstić information content (AvgIpc) is 3.18. The number of piperidine rings is 1. The molecular weight excluding hydrogens is 308 g/mol. The van der Waals surface area contributed by atoms with Crippen LogP contribution < -0.4 is 0 Å². The summed E-state index contributed by atoms with van der Waals surface area (Å²) in [7, 11) is 0. The second-order valence-electron chi connectivity index (χ2n) is 7.29. The highest BCUT2D eigenvalue weighted by molar-refractivity contribution is 7.11. The third-order valence-corrected chi connectivity index (χ3v) is 6.68. The van der Waals surface area contributed by atoms with Crippen molar-refractivity contribution in [3.05, 3.63) is 21.9 Å². The number of morpholine rings is 1. The molecule has 3 saturated heterocycles. The number of hydrogen-bond donors (Lipinski definition) is 0. The first-order chi connectivity index (χ1) is 11.2. The molecule has 0 aliphatic carbocycles. The van der Waals surface area contributed by atoms with Gasteiger partial charge < -0.3 is 9.47 Å². The van der Waals surface area contributed by atoms with Crippen LogP contribution in [-0.4, -0.2) is 67.4 Å². The van der Waals surface area contributed by atoms with Gasteiger partial charge in [0, 0.05) is 48.5 Å². The summed E-state index contributed by atoms with van der Waals surface area (Å²) < 4.78 is 11.8. The minimum atomic E-state index is 0.158. The van der Waals surface area contributed by atoms with Crippen LogP contribution >= 0.6 is 11.3 Å². The third kappa shape index (κ3) is 3.64. The van der Waals surface area contributed by atoms with E-state index >= 15 is 0 Å². The van der Waals surface area contributed by atoms with E-state index in [1.807, 2.05) is 11.3 Å². The van der Waals surface area contributed by atoms with Crippen molar-refractivity contribution >= 4 is 11.3 Å². The first-order valence-corrected chi connectivity index (χ1v) is 9.78. The van der Waals surface area contributed by atoms with Crippen molar-refractivity contribution in [2.45, 2.75) is 44.4 Å². The minimum absolute atomic E-state index is 0.158. The minimum Gasteiger partial charge on any atom is -0.379 e. The summed E-state index contributed by atoms with van der Waals surface area (Å²) in [6.07, 6.45) is 3.61. The van der Waals surface area contributed by atoms with Gasteiger partial charge in [-0.2, -0.15) is 0 Å². The summed E-state index contributed by atoms with van der Waals surface area (Å²) in [6.45, 7) is 10.5. The molecule has 3 fully saturated rings. The van der Waals surface area contributed by atoms with Gasteiger partial charge in [0.1, 0.15) is 0 Å². The number of rotatable bonds is 3. The van der Waals surface area contributed by atoms with Crippen molar-refractivity contribution in [3.63, 3.8) is 0 Å². The van der Waals surface area contributed by atoms with Crippen LogP contribution in [0.1, 0.15) is 29.0 Å². The van der Waals surface area contributed by atoms with Gasteiger partial charge in [0.2, 0.25) is 0 Å². The standard InChI is InChI=1S/C18H28N2O2S/c1-15-2-3-17(23-15)13-19-6-4-18(5-7-19)12-16(14-22-18)20-8-10-21-11-9-20/h2-3,16H,4-14H2,1H3. The van der Waals surface area contributed by atoms with Gasteiger partial charge in [-0.25, -0.2) is 0 Å². The van der Waals surface area contributed by atoms with Crippen molar-refractivity contribution in [2.24, 2.45) is 0 Å². The molecule has 1 spiro atoms. The van der Waals surface area contributed by atoms with Crippen LogP contribution in [0.15, 0.2) is 12.1 Å². The second-order valence-corrected chi connectivity index (χ2v) is 8.66. The Bertz CT molecular complexity index is 519. The molecule has 3 aliphatic rings. The van der Waals surface area contributed by atoms with Gasteiger partial charge in [-0.3, -0.25) is 9.80 Å². The Kier molecular flexibility index (Phi) is 4.74. The maximum absolute atomic E-state index is 6.34. The van der Waals surface area contributed by atoms with Gasteiger partial charge in [0.05, 0.1) is 25.4 Å². The molecule has 3 aliphatic heterocycles. The van der Waals surface area contributed by atoms with Crippen LogP contribution in [0.3, 0.4) is 0 Å². The molecule has 4 heterocycles. The third-order valence-electron chi connectivity index (χ3n) is 5.69. The van der Waals surface area contributed by atoms with Crippen molar-refractivity contribution in [3.8, 4) is 0 Å². The van der Waals surface area contributed by atoms with E-state index in [1.165, 1.54) is 42.1 Å². The molecule has 0 bridgehead atoms. The Morgan fingerprint density at radius 1 is 1.17 bits per heavy atom. The molecule has 0 radical (unpaired) electrons. The second kappa shape index (κ2) is 6.81. The van der Waals surface area contributed by atoms with Crippen LogP contribution in [0, 0.1) is 6.92 Å². The Morgan fingerprint density at radius 3 is 2.65 bits per heavy atom. The van der Waals surface area contributed by atoms with Crippen molar-refractivity contribution < 1.29 is 9.47 Å². The lowest BCUT2D eigenvalue weighted by molar-refractivity contribution is -0.0457. The Hall–Kier alpha value is -0.460. The van der Waals surface area contributed by atoms with E-state index < -0.39 is 0 Å². The molecular formula is C18H28N2O2S. The zero-order valence-corrected chi connectivity index (χ0v) is 14.9. The van der Waals surface area contributed by atoms with E-state index in [1.54, 1.807) is 0 Å². The van der Waals surface area contributed by atoms with Crippen LogP contribution in [0.4, 0.5) is 0 Å². The van der Waals surface area contributed by atoms with E-state index in [4.69, 9.17) is 9.47 Å². The first kappa shape index (κ1) is 16.0. The molecule has 0 aromatic carbocycles. The number of hydrogen-bond acceptors (Lipinski definition) is 5. The van der Waals surface area contributed by atoms with Crippen LogP contribution in [0.5, 0.6) is 0 Å². The average molecular weight is 337 g/mol. The zero-order chi connectivity index (χ0) is 15.7. The summed E-state index contributed by atoms with van der Waals surface area (Å²) in [4.78, 5) is 8.10. The summed E-state index contributed by atoms with van der Waals surface area (Å²) in [6, 6.07) is 5.13. The van der Waals surface area contributed by atoms with Gasteiger partial charge in [0.15, 0.2) is 0 Å². The monoisotopic (exact) mass is 336 g/mol. The Balaban J connectivity index is 1.29. The summed E-state index contributed by atoms with van der Waals surface area (Å²) >= 11 is 1.93. The van der Waals surface area contributed by atoms with E-state index in [0.717, 1.165) is 39.5 Å². The molecule has 0 saturated carbocycles. The largest absolute Gasteiger partial charge is 0.379 e. The summed E-state index contributed by atoms with van der Waals surface area (Å²) in [5, 5.41) is 0. The molecule has 5 heteroatoms. The molecule has 1 aromatic heterocycles. The van der Waals surface area contributed by atoms with E-state index in [2.05, 4.69) is 28.9 Å². The molecule has 0 amide bonds. The predicted octanol–water partition coefficient (Wildman–Crippen LogP) is 2.51. The van der Waals surface area contributed by atoms with Gasteiger partial charge in [-0.15, -0.1) is 11.3 Å². The van der Waals surface area contributed by atoms with Crippen molar-refractivity contribution in [1.82, 2.24) is 9.80 Å². The van der Waals surface area contributed by atoms with Crippen LogP contribution in [0.2, 0.25) is 0 Å². The highest BCUT2D eigenvalue weighted by Gasteiger charge is 2.44. The number of aryl methyl sites for hydroxylation is 1. The fraction of sp³-hybridized carbons (Fsp3) is 0.778. The maximum atomic E-state index is 6.34. The molecule has 1 unspecified atom stereocenters. The molecule has 128 valence electrons. The highest BCUT2D eigenvalue weighted by atomic mass is 32.1. The Morgan fingerprint density at radius 2 is 1.96 bits per heavy atom. The maximum Gasteiger partial charge on any atom is 0.0723 e. The van der Waals surface area contributed by atoms with Gasteiger partial charge in [-0.1, -0.05) is 0 Å². The quantitative estimate of drug-likeness (QED) is 0.847. The lowest BCUT2D eigenvalue weighted by Gasteiger charge is -2.39. The topological polar surface area (TPSA) is 24.9 Å². The smallest absolute Gasteiger partial charge is 0.0723 e. The normalized spacial score (nSPS) is 29.3. The van der Waals surface area contributed by atoms with Gasteiger partial charge in [-0.05, 0) is 38.3 Å². The Labute approximate surface area is 143 Å². The first-order valence-electron chi connectivity index (χ1n) is 8.96. The van der Waals surface area contributed by atoms with Gasteiger partial charge in [0.25, 0.3) is 0 Å². The zero-order valence-electron chi connectivity index (χ0n) is 14.1. The van der Waals surface area contributed by atoms with Crippen molar-refractivity contribution in [2.75, 3.05) is 46.0 Å². The molecule has 1 atom stereocenters. The predicted molar refractivity (Wildman–Crippen MR) is 93.0 cm³/mol. The number of ether oxygens (including phenoxy) is 2. The van der Waals surface area contributed by atoms with Crippen molar-refractivity contribution in [1.29, 1.82) is 0 Å². The molecule has 4 rings (SSSR count). The fourth-order valence-corrected chi connectivity index (χ4v) is 5.19. The number of thiophene rings is 1. The highest BCUT2D eigenvalue weighted by Crippen LogP contribution is 2.38. The lowest BCUT2D eigenvalue weighted by Crippen LogP contribution is -2.46. The number of nitrogens with zero attached hydrogens (tertiary/aromatic N) is 2. The molecule has 23 heavy (non-hydrogen) atoms.